The molecule has 2 atom stereocenters. The summed E-state index contributed by atoms with van der Waals surface area (Å²) in [6, 6.07) is 4.25. The van der Waals surface area contributed by atoms with Crippen molar-refractivity contribution in [2.24, 2.45) is 27.5 Å². The van der Waals surface area contributed by atoms with Crippen LogP contribution in [0.3, 0.4) is 0 Å². The molecule has 0 aromatic heterocycles. The molecule has 2 saturated heterocycles. The maximum Gasteiger partial charge on any atom is 0.310 e. The summed E-state index contributed by atoms with van der Waals surface area (Å²) < 4.78 is 0. The Kier molecular flexibility index (Phi) is 10.8. The Morgan fingerprint density at radius 1 is 0.773 bits per heavy atom. The summed E-state index contributed by atoms with van der Waals surface area (Å²) in [6.45, 7) is 19.4. The van der Waals surface area contributed by atoms with Gasteiger partial charge in [0.15, 0.2) is 11.1 Å². The Balaban J connectivity index is 2.82. The summed E-state index contributed by atoms with van der Waals surface area (Å²) >= 11 is 0. The van der Waals surface area contributed by atoms with E-state index in [4.69, 9.17) is 14.8 Å². The normalized spacial score (nSPS) is 25.4. The highest BCUT2D eigenvalue weighted by molar-refractivity contribution is 5.76. The topological polar surface area (TPSA) is 172 Å². The SMILES string of the molecule is CON1C(C)(C)CC(C(CC(C)(C#N)N=NC(C)(C#N)CCC(=O)O)(C(=O)O)C2CC(C)(C)N(OC)C(C)(C)C2)CC1(C)C. The van der Waals surface area contributed by atoms with Crippen LogP contribution in [-0.4, -0.2) is 79.7 Å². The molecule has 0 aliphatic carbocycles. The predicted molar refractivity (Wildman–Crippen MR) is 164 cm³/mol. The van der Waals surface area contributed by atoms with E-state index in [9.17, 15) is 25.2 Å². The first-order valence-electron chi connectivity index (χ1n) is 15.3. The van der Waals surface area contributed by atoms with E-state index in [2.05, 4.69) is 16.3 Å². The number of hydroxylamine groups is 4. The molecule has 0 aromatic rings. The molecule has 248 valence electrons. The first-order chi connectivity index (χ1) is 19.9. The summed E-state index contributed by atoms with van der Waals surface area (Å²) in [5, 5.41) is 53.5. The van der Waals surface area contributed by atoms with Gasteiger partial charge < -0.3 is 19.9 Å². The van der Waals surface area contributed by atoms with E-state index in [1.54, 1.807) is 21.1 Å². The maximum absolute atomic E-state index is 14.0. The Hall–Kier alpha value is -2.64. The average Bonchev–Trinajstić information content (AvgIpc) is 2.87. The van der Waals surface area contributed by atoms with E-state index in [1.807, 2.05) is 71.6 Å². The zero-order chi connectivity index (χ0) is 34.2. The van der Waals surface area contributed by atoms with Gasteiger partial charge in [0.05, 0.1) is 31.8 Å². The summed E-state index contributed by atoms with van der Waals surface area (Å²) in [7, 11) is 3.26. The van der Waals surface area contributed by atoms with Crippen molar-refractivity contribution in [3.63, 3.8) is 0 Å². The molecule has 12 heteroatoms. The van der Waals surface area contributed by atoms with Crippen molar-refractivity contribution >= 4 is 11.9 Å². The summed E-state index contributed by atoms with van der Waals surface area (Å²) in [6.07, 6.45) is 1.46. The zero-order valence-corrected chi connectivity index (χ0v) is 28.8. The molecule has 2 aliphatic heterocycles. The Labute approximate surface area is 263 Å². The van der Waals surface area contributed by atoms with E-state index >= 15 is 0 Å². The number of carbonyl (C=O) groups is 2. The van der Waals surface area contributed by atoms with Gasteiger partial charge in [-0.25, -0.2) is 0 Å². The molecule has 2 N–H and O–H groups in total. The fourth-order valence-electron chi connectivity index (χ4n) is 8.66. The van der Waals surface area contributed by atoms with Crippen molar-refractivity contribution in [3.05, 3.63) is 0 Å². The standard InChI is InChI=1S/C32H54N6O6/c1-26(2)15-22(16-27(3,4)37(26)43-11)32(25(41)42,23-17-28(5,6)38(44-12)29(7,8)18-23)19-31(10,21-34)36-35-30(9,20-33)14-13-24(39)40/h22-23H,13-19H2,1-12H3,(H,39,40)(H,41,42). The van der Waals surface area contributed by atoms with Gasteiger partial charge in [-0.1, -0.05) is 0 Å². The van der Waals surface area contributed by atoms with Gasteiger partial charge in [-0.05, 0) is 113 Å². The third-order valence-corrected chi connectivity index (χ3v) is 9.84. The predicted octanol–water partition coefficient (Wildman–Crippen LogP) is 5.99. The quantitative estimate of drug-likeness (QED) is 0.247. The van der Waals surface area contributed by atoms with Crippen LogP contribution >= 0.6 is 0 Å². The highest BCUT2D eigenvalue weighted by Gasteiger charge is 2.63. The third kappa shape index (κ3) is 7.42. The first kappa shape index (κ1) is 37.5. The molecule has 0 radical (unpaired) electrons. The fourth-order valence-corrected chi connectivity index (χ4v) is 8.66. The van der Waals surface area contributed by atoms with Gasteiger partial charge in [-0.3, -0.25) is 9.59 Å². The highest BCUT2D eigenvalue weighted by atomic mass is 16.7. The smallest absolute Gasteiger partial charge is 0.310 e. The Morgan fingerprint density at radius 2 is 1.11 bits per heavy atom. The molecule has 12 nitrogen and oxygen atoms in total. The van der Waals surface area contributed by atoms with Gasteiger partial charge in [-0.2, -0.15) is 30.9 Å². The van der Waals surface area contributed by atoms with Crippen LogP contribution in [0.4, 0.5) is 0 Å². The van der Waals surface area contributed by atoms with E-state index in [0.717, 1.165) is 0 Å². The largest absolute Gasteiger partial charge is 0.481 e. The monoisotopic (exact) mass is 618 g/mol. The maximum atomic E-state index is 14.0. The number of aliphatic carboxylic acids is 2. The molecule has 2 heterocycles. The molecule has 0 bridgehead atoms. The van der Waals surface area contributed by atoms with Gasteiger partial charge in [-0.15, -0.1) is 0 Å². The fraction of sp³-hybridized carbons (Fsp3) is 0.875. The molecular weight excluding hydrogens is 564 g/mol. The van der Waals surface area contributed by atoms with Gasteiger partial charge in [0.1, 0.15) is 0 Å². The molecule has 2 aliphatic rings. The number of hydrogen-bond donors (Lipinski definition) is 2. The minimum Gasteiger partial charge on any atom is -0.481 e. The lowest BCUT2D eigenvalue weighted by atomic mass is 9.51. The number of azo groups is 1. The van der Waals surface area contributed by atoms with Crippen molar-refractivity contribution in [3.8, 4) is 12.1 Å². The van der Waals surface area contributed by atoms with Crippen LogP contribution < -0.4 is 0 Å². The van der Waals surface area contributed by atoms with Crippen LogP contribution in [-0.2, 0) is 19.3 Å². The molecule has 2 fully saturated rings. The van der Waals surface area contributed by atoms with Crippen LogP contribution in [0.1, 0.15) is 114 Å². The van der Waals surface area contributed by atoms with Crippen molar-refractivity contribution in [2.45, 2.75) is 147 Å². The van der Waals surface area contributed by atoms with Gasteiger partial charge in [0, 0.05) is 35.0 Å². The number of nitriles is 2. The van der Waals surface area contributed by atoms with Crippen LogP contribution in [0.2, 0.25) is 0 Å². The highest BCUT2D eigenvalue weighted by Crippen LogP contribution is 2.59. The van der Waals surface area contributed by atoms with E-state index in [1.165, 1.54) is 6.92 Å². The van der Waals surface area contributed by atoms with Crippen LogP contribution in [0.25, 0.3) is 0 Å². The van der Waals surface area contributed by atoms with Crippen molar-refractivity contribution in [1.29, 1.82) is 10.5 Å². The number of rotatable bonds is 12. The Bertz CT molecular complexity index is 1120. The Morgan fingerprint density at radius 3 is 1.39 bits per heavy atom. The van der Waals surface area contributed by atoms with Crippen LogP contribution in [0.15, 0.2) is 10.2 Å². The summed E-state index contributed by atoms with van der Waals surface area (Å²) in [5.74, 6) is -2.82. The molecule has 0 aromatic carbocycles. The number of piperidine rings is 2. The van der Waals surface area contributed by atoms with E-state index < -0.39 is 50.6 Å². The zero-order valence-electron chi connectivity index (χ0n) is 28.8. The van der Waals surface area contributed by atoms with Gasteiger partial charge in [0.25, 0.3) is 0 Å². The second-order valence-electron chi connectivity index (χ2n) is 15.8. The molecule has 0 spiro atoms. The van der Waals surface area contributed by atoms with Crippen molar-refractivity contribution < 1.29 is 29.5 Å². The molecule has 0 amide bonds. The van der Waals surface area contributed by atoms with Crippen LogP contribution in [0.5, 0.6) is 0 Å². The molecule has 2 rings (SSSR count). The van der Waals surface area contributed by atoms with Crippen molar-refractivity contribution in [2.75, 3.05) is 14.2 Å². The van der Waals surface area contributed by atoms with E-state index in [-0.39, 0.29) is 31.1 Å². The molecule has 0 saturated carbocycles. The molecule has 2 unspecified atom stereocenters. The third-order valence-electron chi connectivity index (χ3n) is 9.84. The van der Waals surface area contributed by atoms with Crippen LogP contribution in [0, 0.1) is 39.9 Å². The number of nitrogens with zero attached hydrogens (tertiary/aromatic N) is 6. The summed E-state index contributed by atoms with van der Waals surface area (Å²) in [4.78, 5) is 36.9. The number of hydrogen-bond acceptors (Lipinski definition) is 10. The van der Waals surface area contributed by atoms with E-state index in [0.29, 0.717) is 25.7 Å². The molecule has 44 heavy (non-hydrogen) atoms. The summed E-state index contributed by atoms with van der Waals surface area (Å²) in [5.41, 5.74) is -6.62. The van der Waals surface area contributed by atoms with Gasteiger partial charge >= 0.3 is 11.9 Å². The lowest BCUT2D eigenvalue weighted by molar-refractivity contribution is -0.293. The average molecular weight is 619 g/mol. The number of carboxylic acids is 2. The lowest BCUT2D eigenvalue weighted by Crippen LogP contribution is -2.67. The van der Waals surface area contributed by atoms with Gasteiger partial charge in [0.2, 0.25) is 0 Å². The second kappa shape index (κ2) is 12.6. The second-order valence-corrected chi connectivity index (χ2v) is 15.8. The minimum atomic E-state index is -1.61. The lowest BCUT2D eigenvalue weighted by Gasteiger charge is -2.61. The number of carboxylic acid groups (broad SMARTS) is 2. The molecular formula is C32H54N6O6. The minimum absolute atomic E-state index is 0.0936. The first-order valence-corrected chi connectivity index (χ1v) is 15.3. The van der Waals surface area contributed by atoms with Crippen molar-refractivity contribution in [1.82, 2.24) is 10.1 Å².